The van der Waals surface area contributed by atoms with Crippen LogP contribution in [-0.2, 0) is 4.74 Å². The fraction of sp³-hybridized carbons (Fsp3) is 0.200. The second kappa shape index (κ2) is 4.22. The Balaban J connectivity index is 2.22. The van der Waals surface area contributed by atoms with Crippen molar-refractivity contribution in [3.8, 4) is 5.75 Å². The number of methoxy groups -OCH3 is 1. The molecule has 2 nitrogen and oxygen atoms in total. The summed E-state index contributed by atoms with van der Waals surface area (Å²) in [6, 6.07) is 12.4. The van der Waals surface area contributed by atoms with Gasteiger partial charge in [0.2, 0.25) is 0 Å². The largest absolute Gasteiger partial charge is 0.496 e. The SMILES string of the molecule is COc1ccc(C2C=CCO2)c2ccccc12. The zero-order valence-corrected chi connectivity index (χ0v) is 9.72. The van der Waals surface area contributed by atoms with Crippen molar-refractivity contribution in [1.82, 2.24) is 0 Å². The Morgan fingerprint density at radius 1 is 1.12 bits per heavy atom. The highest BCUT2D eigenvalue weighted by Crippen LogP contribution is 2.34. The number of fused-ring (bicyclic) bond motifs is 1. The van der Waals surface area contributed by atoms with Crippen molar-refractivity contribution in [3.05, 3.63) is 54.1 Å². The minimum atomic E-state index is 0.0748. The van der Waals surface area contributed by atoms with Gasteiger partial charge in [0.1, 0.15) is 11.9 Å². The second-order valence-corrected chi connectivity index (χ2v) is 4.08. The highest BCUT2D eigenvalue weighted by molar-refractivity contribution is 5.91. The van der Waals surface area contributed by atoms with Gasteiger partial charge in [-0.2, -0.15) is 0 Å². The van der Waals surface area contributed by atoms with Gasteiger partial charge in [-0.1, -0.05) is 42.5 Å². The summed E-state index contributed by atoms with van der Waals surface area (Å²) < 4.78 is 11.1. The standard InChI is InChI=1S/C15H14O2/c1-16-14-9-8-13(15-7-4-10-17-15)11-5-2-3-6-12(11)14/h2-9,15H,10H2,1H3. The molecule has 2 aromatic rings. The first-order chi connectivity index (χ1) is 8.40. The molecule has 1 aliphatic heterocycles. The van der Waals surface area contributed by atoms with Gasteiger partial charge in [-0.3, -0.25) is 0 Å². The fourth-order valence-electron chi connectivity index (χ4n) is 2.31. The molecule has 0 bridgehead atoms. The van der Waals surface area contributed by atoms with Crippen molar-refractivity contribution >= 4 is 10.8 Å². The summed E-state index contributed by atoms with van der Waals surface area (Å²) in [4.78, 5) is 0. The summed E-state index contributed by atoms with van der Waals surface area (Å²) in [6.45, 7) is 0.699. The summed E-state index contributed by atoms with van der Waals surface area (Å²) in [5.41, 5.74) is 1.20. The van der Waals surface area contributed by atoms with Gasteiger partial charge in [0.25, 0.3) is 0 Å². The van der Waals surface area contributed by atoms with Crippen LogP contribution in [0.5, 0.6) is 5.75 Å². The van der Waals surface area contributed by atoms with Crippen LogP contribution in [0.3, 0.4) is 0 Å². The predicted molar refractivity (Wildman–Crippen MR) is 68.3 cm³/mol. The molecule has 0 aliphatic carbocycles. The average Bonchev–Trinajstić information content (AvgIpc) is 2.91. The minimum absolute atomic E-state index is 0.0748. The molecule has 0 spiro atoms. The maximum atomic E-state index is 5.67. The molecule has 1 heterocycles. The van der Waals surface area contributed by atoms with Gasteiger partial charge >= 0.3 is 0 Å². The van der Waals surface area contributed by atoms with Crippen LogP contribution in [0.1, 0.15) is 11.7 Å². The van der Waals surface area contributed by atoms with E-state index in [0.29, 0.717) is 6.61 Å². The zero-order valence-electron chi connectivity index (χ0n) is 9.72. The molecule has 1 atom stereocenters. The molecule has 0 saturated carbocycles. The quantitative estimate of drug-likeness (QED) is 0.730. The number of benzene rings is 2. The molecule has 0 saturated heterocycles. The summed E-state index contributed by atoms with van der Waals surface area (Å²) in [5, 5.41) is 2.33. The van der Waals surface area contributed by atoms with Gasteiger partial charge < -0.3 is 9.47 Å². The maximum Gasteiger partial charge on any atom is 0.126 e. The monoisotopic (exact) mass is 226 g/mol. The lowest BCUT2D eigenvalue weighted by Gasteiger charge is -2.14. The molecule has 0 aromatic heterocycles. The van der Waals surface area contributed by atoms with E-state index in [1.807, 2.05) is 18.2 Å². The van der Waals surface area contributed by atoms with Crippen LogP contribution >= 0.6 is 0 Å². The summed E-state index contributed by atoms with van der Waals surface area (Å²) >= 11 is 0. The van der Waals surface area contributed by atoms with E-state index in [0.717, 1.165) is 11.1 Å². The highest BCUT2D eigenvalue weighted by Gasteiger charge is 2.16. The van der Waals surface area contributed by atoms with Gasteiger partial charge in [0, 0.05) is 5.39 Å². The lowest BCUT2D eigenvalue weighted by atomic mass is 10.00. The van der Waals surface area contributed by atoms with Gasteiger partial charge in [0.05, 0.1) is 13.7 Å². The fourth-order valence-corrected chi connectivity index (χ4v) is 2.31. The lowest BCUT2D eigenvalue weighted by Crippen LogP contribution is -1.97. The predicted octanol–water partition coefficient (Wildman–Crippen LogP) is 3.48. The lowest BCUT2D eigenvalue weighted by molar-refractivity contribution is 0.130. The summed E-state index contributed by atoms with van der Waals surface area (Å²) in [7, 11) is 1.70. The molecular weight excluding hydrogens is 212 g/mol. The van der Waals surface area contributed by atoms with Crippen molar-refractivity contribution in [1.29, 1.82) is 0 Å². The molecule has 1 aliphatic rings. The van der Waals surface area contributed by atoms with E-state index in [1.54, 1.807) is 7.11 Å². The molecular formula is C15H14O2. The summed E-state index contributed by atoms with van der Waals surface area (Å²) in [6.07, 6.45) is 4.24. The molecule has 0 amide bonds. The third-order valence-corrected chi connectivity index (χ3v) is 3.13. The average molecular weight is 226 g/mol. The Labute approximate surface area is 100 Å². The Kier molecular flexibility index (Phi) is 2.57. The van der Waals surface area contributed by atoms with Gasteiger partial charge in [-0.15, -0.1) is 0 Å². The first kappa shape index (κ1) is 10.4. The third-order valence-electron chi connectivity index (χ3n) is 3.13. The van der Waals surface area contributed by atoms with E-state index in [2.05, 4.69) is 30.4 Å². The van der Waals surface area contributed by atoms with Crippen LogP contribution in [0.25, 0.3) is 10.8 Å². The van der Waals surface area contributed by atoms with Crippen molar-refractivity contribution in [2.24, 2.45) is 0 Å². The van der Waals surface area contributed by atoms with E-state index in [9.17, 15) is 0 Å². The highest BCUT2D eigenvalue weighted by atomic mass is 16.5. The third kappa shape index (κ3) is 1.71. The Morgan fingerprint density at radius 3 is 2.65 bits per heavy atom. The van der Waals surface area contributed by atoms with Crippen molar-refractivity contribution < 1.29 is 9.47 Å². The van der Waals surface area contributed by atoms with Crippen LogP contribution in [0, 0.1) is 0 Å². The number of ether oxygens (including phenoxy) is 2. The van der Waals surface area contributed by atoms with Crippen molar-refractivity contribution in [3.63, 3.8) is 0 Å². The van der Waals surface area contributed by atoms with Crippen molar-refractivity contribution in [2.75, 3.05) is 13.7 Å². The van der Waals surface area contributed by atoms with Crippen molar-refractivity contribution in [2.45, 2.75) is 6.10 Å². The van der Waals surface area contributed by atoms with E-state index >= 15 is 0 Å². The van der Waals surface area contributed by atoms with Gasteiger partial charge in [0.15, 0.2) is 0 Å². The van der Waals surface area contributed by atoms with E-state index in [4.69, 9.17) is 9.47 Å². The molecule has 1 unspecified atom stereocenters. The Hall–Kier alpha value is -1.80. The second-order valence-electron chi connectivity index (χ2n) is 4.08. The number of rotatable bonds is 2. The van der Waals surface area contributed by atoms with Crippen LogP contribution < -0.4 is 4.74 Å². The molecule has 17 heavy (non-hydrogen) atoms. The normalized spacial score (nSPS) is 18.8. The zero-order chi connectivity index (χ0) is 11.7. The van der Waals surface area contributed by atoms with Crippen LogP contribution in [0.4, 0.5) is 0 Å². The van der Waals surface area contributed by atoms with Crippen LogP contribution in [-0.4, -0.2) is 13.7 Å². The molecule has 0 radical (unpaired) electrons. The Morgan fingerprint density at radius 2 is 1.94 bits per heavy atom. The van der Waals surface area contributed by atoms with E-state index in [-0.39, 0.29) is 6.10 Å². The van der Waals surface area contributed by atoms with Gasteiger partial charge in [-0.25, -0.2) is 0 Å². The molecule has 0 fully saturated rings. The first-order valence-electron chi connectivity index (χ1n) is 5.74. The topological polar surface area (TPSA) is 18.5 Å². The maximum absolute atomic E-state index is 5.67. The van der Waals surface area contributed by atoms with Gasteiger partial charge in [-0.05, 0) is 17.0 Å². The number of hydrogen-bond acceptors (Lipinski definition) is 2. The molecule has 0 N–H and O–H groups in total. The number of hydrogen-bond donors (Lipinski definition) is 0. The molecule has 2 heteroatoms. The minimum Gasteiger partial charge on any atom is -0.496 e. The van der Waals surface area contributed by atoms with Crippen LogP contribution in [0.15, 0.2) is 48.6 Å². The van der Waals surface area contributed by atoms with E-state index in [1.165, 1.54) is 10.9 Å². The molecule has 86 valence electrons. The smallest absolute Gasteiger partial charge is 0.126 e. The molecule has 3 rings (SSSR count). The van der Waals surface area contributed by atoms with E-state index < -0.39 is 0 Å². The first-order valence-corrected chi connectivity index (χ1v) is 5.74. The Bertz CT molecular complexity index is 572. The molecule has 2 aromatic carbocycles. The van der Waals surface area contributed by atoms with Crippen LogP contribution in [0.2, 0.25) is 0 Å². The summed E-state index contributed by atoms with van der Waals surface area (Å²) in [5.74, 6) is 0.909.